The molecule has 0 saturated heterocycles. The van der Waals surface area contributed by atoms with Crippen LogP contribution >= 0.6 is 0 Å². The molecule has 2 rings (SSSR count). The average molecular weight is 230 g/mol. The van der Waals surface area contributed by atoms with E-state index in [1.165, 1.54) is 24.0 Å². The van der Waals surface area contributed by atoms with E-state index in [1.807, 2.05) is 6.92 Å². The molecule has 1 unspecified atom stereocenters. The SMILES string of the molecule is C=C(C)CNC(CN)c1cccc(C2CC2)c1. The molecule has 2 nitrogen and oxygen atoms in total. The molecule has 1 aliphatic rings. The normalized spacial score (nSPS) is 16.8. The van der Waals surface area contributed by atoms with Gasteiger partial charge in [0.25, 0.3) is 0 Å². The van der Waals surface area contributed by atoms with E-state index < -0.39 is 0 Å². The van der Waals surface area contributed by atoms with Gasteiger partial charge in [0.05, 0.1) is 0 Å². The van der Waals surface area contributed by atoms with Gasteiger partial charge in [0, 0.05) is 19.1 Å². The Labute approximate surface area is 104 Å². The average Bonchev–Trinajstić information content (AvgIpc) is 3.14. The molecule has 0 amide bonds. The van der Waals surface area contributed by atoms with Crippen molar-refractivity contribution in [1.82, 2.24) is 5.32 Å². The van der Waals surface area contributed by atoms with Gasteiger partial charge in [-0.15, -0.1) is 0 Å². The summed E-state index contributed by atoms with van der Waals surface area (Å²) >= 11 is 0. The maximum absolute atomic E-state index is 5.84. The van der Waals surface area contributed by atoms with E-state index >= 15 is 0 Å². The highest BCUT2D eigenvalue weighted by molar-refractivity contribution is 5.31. The Kier molecular flexibility index (Phi) is 3.97. The summed E-state index contributed by atoms with van der Waals surface area (Å²) in [5, 5.41) is 3.45. The van der Waals surface area contributed by atoms with Crippen molar-refractivity contribution < 1.29 is 0 Å². The van der Waals surface area contributed by atoms with E-state index in [-0.39, 0.29) is 6.04 Å². The summed E-state index contributed by atoms with van der Waals surface area (Å²) < 4.78 is 0. The molecule has 0 radical (unpaired) electrons. The van der Waals surface area contributed by atoms with Crippen LogP contribution in [0.4, 0.5) is 0 Å². The van der Waals surface area contributed by atoms with Gasteiger partial charge >= 0.3 is 0 Å². The van der Waals surface area contributed by atoms with Crippen LogP contribution in [0.2, 0.25) is 0 Å². The van der Waals surface area contributed by atoms with Crippen LogP contribution in [0.1, 0.15) is 42.9 Å². The van der Waals surface area contributed by atoms with E-state index in [2.05, 4.69) is 36.2 Å². The highest BCUT2D eigenvalue weighted by atomic mass is 14.9. The first kappa shape index (κ1) is 12.3. The van der Waals surface area contributed by atoms with Crippen molar-refractivity contribution in [3.63, 3.8) is 0 Å². The lowest BCUT2D eigenvalue weighted by Crippen LogP contribution is -2.29. The molecule has 1 saturated carbocycles. The summed E-state index contributed by atoms with van der Waals surface area (Å²) in [6.07, 6.45) is 2.69. The summed E-state index contributed by atoms with van der Waals surface area (Å²) in [4.78, 5) is 0. The molecule has 0 spiro atoms. The van der Waals surface area contributed by atoms with Crippen LogP contribution in [0.5, 0.6) is 0 Å². The number of nitrogens with two attached hydrogens (primary N) is 1. The van der Waals surface area contributed by atoms with Crippen LogP contribution in [0.3, 0.4) is 0 Å². The van der Waals surface area contributed by atoms with Crippen molar-refractivity contribution in [2.24, 2.45) is 5.73 Å². The summed E-state index contributed by atoms with van der Waals surface area (Å²) in [6, 6.07) is 9.09. The van der Waals surface area contributed by atoms with Gasteiger partial charge in [0.1, 0.15) is 0 Å². The maximum atomic E-state index is 5.84. The van der Waals surface area contributed by atoms with Gasteiger partial charge in [0.15, 0.2) is 0 Å². The molecule has 0 bridgehead atoms. The fourth-order valence-electron chi connectivity index (χ4n) is 2.08. The Morgan fingerprint density at radius 1 is 1.53 bits per heavy atom. The highest BCUT2D eigenvalue weighted by Crippen LogP contribution is 2.40. The van der Waals surface area contributed by atoms with Crippen LogP contribution in [-0.4, -0.2) is 13.1 Å². The molecular formula is C15H22N2. The Morgan fingerprint density at radius 3 is 2.88 bits per heavy atom. The molecule has 1 fully saturated rings. The third kappa shape index (κ3) is 3.42. The van der Waals surface area contributed by atoms with E-state index in [0.717, 1.165) is 18.0 Å². The first-order valence-corrected chi connectivity index (χ1v) is 6.38. The van der Waals surface area contributed by atoms with E-state index in [1.54, 1.807) is 0 Å². The Balaban J connectivity index is 2.06. The fraction of sp³-hybridized carbons (Fsp3) is 0.467. The zero-order valence-corrected chi connectivity index (χ0v) is 10.6. The van der Waals surface area contributed by atoms with Gasteiger partial charge in [-0.25, -0.2) is 0 Å². The quantitative estimate of drug-likeness (QED) is 0.737. The molecule has 1 aliphatic carbocycles. The van der Waals surface area contributed by atoms with Gasteiger partial charge in [-0.05, 0) is 36.8 Å². The minimum Gasteiger partial charge on any atom is -0.329 e. The number of benzene rings is 1. The molecule has 3 N–H and O–H groups in total. The van der Waals surface area contributed by atoms with Crippen molar-refractivity contribution in [2.45, 2.75) is 31.7 Å². The summed E-state index contributed by atoms with van der Waals surface area (Å²) in [7, 11) is 0. The van der Waals surface area contributed by atoms with E-state index in [4.69, 9.17) is 5.73 Å². The zero-order valence-electron chi connectivity index (χ0n) is 10.6. The second-order valence-electron chi connectivity index (χ2n) is 5.07. The number of hydrogen-bond acceptors (Lipinski definition) is 2. The molecule has 0 aliphatic heterocycles. The van der Waals surface area contributed by atoms with E-state index in [9.17, 15) is 0 Å². The summed E-state index contributed by atoms with van der Waals surface area (Å²) in [5.74, 6) is 0.800. The van der Waals surface area contributed by atoms with Crippen LogP contribution < -0.4 is 11.1 Å². The molecule has 0 heterocycles. The van der Waals surface area contributed by atoms with Crippen LogP contribution in [0, 0.1) is 0 Å². The lowest BCUT2D eigenvalue weighted by atomic mass is 10.0. The van der Waals surface area contributed by atoms with Gasteiger partial charge in [0.2, 0.25) is 0 Å². The molecule has 1 aromatic carbocycles. The monoisotopic (exact) mass is 230 g/mol. The third-order valence-corrected chi connectivity index (χ3v) is 3.25. The van der Waals surface area contributed by atoms with Gasteiger partial charge in [-0.1, -0.05) is 36.4 Å². The fourth-order valence-corrected chi connectivity index (χ4v) is 2.08. The molecule has 1 aromatic rings. The van der Waals surface area contributed by atoms with Crippen LogP contribution in [-0.2, 0) is 0 Å². The first-order chi connectivity index (χ1) is 8.20. The van der Waals surface area contributed by atoms with Crippen molar-refractivity contribution >= 4 is 0 Å². The molecular weight excluding hydrogens is 208 g/mol. The molecule has 2 heteroatoms. The minimum absolute atomic E-state index is 0.241. The van der Waals surface area contributed by atoms with Crippen molar-refractivity contribution in [1.29, 1.82) is 0 Å². The lowest BCUT2D eigenvalue weighted by molar-refractivity contribution is 0.569. The van der Waals surface area contributed by atoms with Crippen molar-refractivity contribution in [3.05, 3.63) is 47.5 Å². The topological polar surface area (TPSA) is 38.0 Å². The predicted octanol–water partition coefficient (Wildman–Crippen LogP) is 2.73. The third-order valence-electron chi connectivity index (χ3n) is 3.25. The van der Waals surface area contributed by atoms with Crippen molar-refractivity contribution in [3.8, 4) is 0 Å². The second-order valence-corrected chi connectivity index (χ2v) is 5.07. The Morgan fingerprint density at radius 2 is 2.29 bits per heavy atom. The van der Waals surface area contributed by atoms with Gasteiger partial charge < -0.3 is 11.1 Å². The number of rotatable bonds is 6. The molecule has 1 atom stereocenters. The van der Waals surface area contributed by atoms with Crippen LogP contribution in [0.15, 0.2) is 36.4 Å². The highest BCUT2D eigenvalue weighted by Gasteiger charge is 2.23. The Hall–Kier alpha value is -1.12. The zero-order chi connectivity index (χ0) is 12.3. The summed E-state index contributed by atoms with van der Waals surface area (Å²) in [5.41, 5.74) is 9.76. The maximum Gasteiger partial charge on any atom is 0.0447 e. The second kappa shape index (κ2) is 5.48. The summed E-state index contributed by atoms with van der Waals surface area (Å²) in [6.45, 7) is 7.39. The molecule has 0 aromatic heterocycles. The van der Waals surface area contributed by atoms with Gasteiger partial charge in [-0.2, -0.15) is 0 Å². The standard InChI is InChI=1S/C15H22N2/c1-11(2)10-17-15(9-16)14-5-3-4-13(8-14)12-6-7-12/h3-5,8,12,15,17H,1,6-7,9-10,16H2,2H3. The molecule has 17 heavy (non-hydrogen) atoms. The lowest BCUT2D eigenvalue weighted by Gasteiger charge is -2.18. The minimum atomic E-state index is 0.241. The van der Waals surface area contributed by atoms with Crippen molar-refractivity contribution in [2.75, 3.05) is 13.1 Å². The largest absolute Gasteiger partial charge is 0.329 e. The number of nitrogens with one attached hydrogen (secondary N) is 1. The van der Waals surface area contributed by atoms with Gasteiger partial charge in [-0.3, -0.25) is 0 Å². The molecule has 92 valence electrons. The number of hydrogen-bond donors (Lipinski definition) is 2. The smallest absolute Gasteiger partial charge is 0.0447 e. The van der Waals surface area contributed by atoms with Crippen LogP contribution in [0.25, 0.3) is 0 Å². The first-order valence-electron chi connectivity index (χ1n) is 6.38. The van der Waals surface area contributed by atoms with E-state index in [0.29, 0.717) is 6.54 Å². The Bertz CT molecular complexity index is 394. The predicted molar refractivity (Wildman–Crippen MR) is 73.0 cm³/mol.